The van der Waals surface area contributed by atoms with E-state index in [-0.39, 0.29) is 0 Å². The van der Waals surface area contributed by atoms with Crippen molar-refractivity contribution >= 4 is 12.9 Å². The van der Waals surface area contributed by atoms with Crippen molar-refractivity contribution in [2.45, 2.75) is 13.0 Å². The van der Waals surface area contributed by atoms with Crippen LogP contribution in [0.3, 0.4) is 0 Å². The van der Waals surface area contributed by atoms with E-state index < -0.39 is 0 Å². The third-order valence-electron chi connectivity index (χ3n) is 2.23. The van der Waals surface area contributed by atoms with E-state index in [2.05, 4.69) is 35.4 Å². The van der Waals surface area contributed by atoms with E-state index in [9.17, 15) is 0 Å². The quantitative estimate of drug-likeness (QED) is 0.338. The van der Waals surface area contributed by atoms with E-state index in [1.807, 2.05) is 6.07 Å². The Morgan fingerprint density at radius 2 is 2.00 bits per heavy atom. The molecule has 0 aliphatic carbocycles. The van der Waals surface area contributed by atoms with Gasteiger partial charge >= 0.3 is 0 Å². The first-order chi connectivity index (χ1) is 6.40. The van der Waals surface area contributed by atoms with Gasteiger partial charge in [0.05, 0.1) is 6.54 Å². The van der Waals surface area contributed by atoms with Crippen LogP contribution in [0.4, 0.5) is 0 Å². The third kappa shape index (κ3) is 2.03. The summed E-state index contributed by atoms with van der Waals surface area (Å²) in [5.74, 6) is 0. The molecule has 4 heteroatoms. The molecule has 1 aliphatic heterocycles. The van der Waals surface area contributed by atoms with Gasteiger partial charge in [-0.3, -0.25) is 0 Å². The smallest absolute Gasteiger partial charge is 0.0524 e. The highest BCUT2D eigenvalue weighted by Gasteiger charge is 2.16. The first-order valence-corrected chi connectivity index (χ1v) is 4.56. The highest BCUT2D eigenvalue weighted by Crippen LogP contribution is 2.18. The molecule has 0 fully saturated rings. The van der Waals surface area contributed by atoms with E-state index in [0.717, 1.165) is 19.5 Å². The molecule has 3 nitrogen and oxygen atoms in total. The van der Waals surface area contributed by atoms with Crippen molar-refractivity contribution in [3.63, 3.8) is 0 Å². The molecule has 0 aromatic heterocycles. The number of hydroxylamine groups is 2. The Hall–Kier alpha value is -0.550. The maximum Gasteiger partial charge on any atom is 0.0524 e. The van der Waals surface area contributed by atoms with Gasteiger partial charge in [0.1, 0.15) is 0 Å². The van der Waals surface area contributed by atoms with Crippen molar-refractivity contribution in [3.8, 4) is 0 Å². The lowest BCUT2D eigenvalue weighted by atomic mass is 10.0. The molecule has 1 aromatic carbocycles. The summed E-state index contributed by atoms with van der Waals surface area (Å²) in [6, 6.07) is 8.34. The van der Waals surface area contributed by atoms with E-state index in [1.165, 1.54) is 11.1 Å². The minimum atomic E-state index is 0.761. The summed E-state index contributed by atoms with van der Waals surface area (Å²) in [5, 5.41) is 1.75. The van der Waals surface area contributed by atoms with Gasteiger partial charge in [0.15, 0.2) is 0 Å². The second kappa shape index (κ2) is 4.11. The number of hydrogen-bond acceptors (Lipinski definition) is 4. The molecule has 1 heterocycles. The number of nitrogens with zero attached hydrogens (tertiary/aromatic N) is 1. The zero-order chi connectivity index (χ0) is 9.10. The Labute approximate surface area is 82.8 Å². The molecule has 1 aromatic rings. The molecule has 0 bridgehead atoms. The van der Waals surface area contributed by atoms with Gasteiger partial charge in [-0.1, -0.05) is 24.3 Å². The maximum absolute atomic E-state index is 4.84. The number of rotatable bonds is 2. The van der Waals surface area contributed by atoms with Crippen LogP contribution >= 0.6 is 12.9 Å². The van der Waals surface area contributed by atoms with E-state index in [4.69, 9.17) is 4.99 Å². The Balaban J connectivity index is 2.11. The maximum atomic E-state index is 4.84. The predicted octanol–water partition coefficient (Wildman–Crippen LogP) is 1.75. The second-order valence-corrected chi connectivity index (χ2v) is 3.18. The van der Waals surface area contributed by atoms with E-state index in [1.54, 1.807) is 5.06 Å². The van der Waals surface area contributed by atoms with Crippen molar-refractivity contribution < 1.29 is 9.32 Å². The van der Waals surface area contributed by atoms with Gasteiger partial charge in [0.25, 0.3) is 0 Å². The third-order valence-corrected chi connectivity index (χ3v) is 2.30. The van der Waals surface area contributed by atoms with Gasteiger partial charge in [0, 0.05) is 19.5 Å². The Morgan fingerprint density at radius 1 is 1.23 bits per heavy atom. The summed E-state index contributed by atoms with van der Waals surface area (Å²) < 4.78 is 4.32. The molecule has 13 heavy (non-hydrogen) atoms. The SMILES string of the molecule is SOON1CCc2ccccc2C1. The van der Waals surface area contributed by atoms with Crippen LogP contribution in [0.1, 0.15) is 11.1 Å². The average molecular weight is 197 g/mol. The monoisotopic (exact) mass is 197 g/mol. The number of thiol groups is 1. The van der Waals surface area contributed by atoms with Crippen LogP contribution in [0.15, 0.2) is 24.3 Å². The van der Waals surface area contributed by atoms with Gasteiger partial charge < -0.3 is 0 Å². The minimum Gasteiger partial charge on any atom is -0.151 e. The lowest BCUT2D eigenvalue weighted by molar-refractivity contribution is -0.364. The number of benzene rings is 1. The van der Waals surface area contributed by atoms with Crippen LogP contribution in [0, 0.1) is 0 Å². The topological polar surface area (TPSA) is 21.7 Å². The van der Waals surface area contributed by atoms with Crippen molar-refractivity contribution in [1.29, 1.82) is 0 Å². The molecule has 0 N–H and O–H groups in total. The zero-order valence-corrected chi connectivity index (χ0v) is 8.04. The predicted molar refractivity (Wildman–Crippen MR) is 51.7 cm³/mol. The average Bonchev–Trinajstić information content (AvgIpc) is 2.18. The summed E-state index contributed by atoms with van der Waals surface area (Å²) >= 11 is 3.54. The first-order valence-electron chi connectivity index (χ1n) is 4.20. The van der Waals surface area contributed by atoms with Crippen molar-refractivity contribution in [2.75, 3.05) is 6.54 Å². The molecule has 70 valence electrons. The fraction of sp³-hybridized carbons (Fsp3) is 0.333. The van der Waals surface area contributed by atoms with Gasteiger partial charge in [-0.2, -0.15) is 5.06 Å². The zero-order valence-electron chi connectivity index (χ0n) is 7.14. The Bertz CT molecular complexity index is 293. The van der Waals surface area contributed by atoms with Crippen LogP contribution in [0.25, 0.3) is 0 Å². The standard InChI is InChI=1S/C9H11NO2S/c13-12-11-10-6-5-8-3-1-2-4-9(8)7-10/h1-4,13H,5-7H2. The summed E-state index contributed by atoms with van der Waals surface area (Å²) in [5.41, 5.74) is 2.68. The molecule has 0 saturated carbocycles. The lowest BCUT2D eigenvalue weighted by Crippen LogP contribution is -2.29. The largest absolute Gasteiger partial charge is 0.151 e. The molecule has 0 radical (unpaired) electrons. The Kier molecular flexibility index (Phi) is 2.85. The molecule has 0 atom stereocenters. The van der Waals surface area contributed by atoms with Crippen LogP contribution in [-0.2, 0) is 22.3 Å². The lowest BCUT2D eigenvalue weighted by Gasteiger charge is -2.25. The van der Waals surface area contributed by atoms with Gasteiger partial charge in [-0.15, -0.1) is 9.32 Å². The highest BCUT2D eigenvalue weighted by atomic mass is 32.1. The highest BCUT2D eigenvalue weighted by molar-refractivity contribution is 7.74. The summed E-state index contributed by atoms with van der Waals surface area (Å²) in [6.07, 6.45) is 0.993. The molecule has 0 amide bonds. The van der Waals surface area contributed by atoms with Crippen molar-refractivity contribution in [2.24, 2.45) is 0 Å². The molecule has 2 rings (SSSR count). The van der Waals surface area contributed by atoms with Gasteiger partial charge in [0.2, 0.25) is 0 Å². The van der Waals surface area contributed by atoms with E-state index in [0.29, 0.717) is 0 Å². The molecule has 0 spiro atoms. The van der Waals surface area contributed by atoms with Crippen LogP contribution in [-0.4, -0.2) is 11.6 Å². The van der Waals surface area contributed by atoms with Crippen LogP contribution < -0.4 is 0 Å². The molecule has 0 saturated heterocycles. The summed E-state index contributed by atoms with van der Waals surface area (Å²) in [7, 11) is 0. The summed E-state index contributed by atoms with van der Waals surface area (Å²) in [4.78, 5) is 4.84. The molecular weight excluding hydrogens is 186 g/mol. The van der Waals surface area contributed by atoms with Crippen molar-refractivity contribution in [3.05, 3.63) is 35.4 Å². The summed E-state index contributed by atoms with van der Waals surface area (Å²) in [6.45, 7) is 1.61. The fourth-order valence-corrected chi connectivity index (χ4v) is 1.67. The van der Waals surface area contributed by atoms with Gasteiger partial charge in [-0.25, -0.2) is 0 Å². The molecule has 0 unspecified atom stereocenters. The molecular formula is C9H11NO2S. The Morgan fingerprint density at radius 3 is 2.77 bits per heavy atom. The van der Waals surface area contributed by atoms with E-state index >= 15 is 0 Å². The van der Waals surface area contributed by atoms with Crippen LogP contribution in [0.2, 0.25) is 0 Å². The van der Waals surface area contributed by atoms with Gasteiger partial charge in [-0.05, 0) is 17.5 Å². The minimum absolute atomic E-state index is 0.761. The van der Waals surface area contributed by atoms with Crippen LogP contribution in [0.5, 0.6) is 0 Å². The second-order valence-electron chi connectivity index (χ2n) is 3.03. The first kappa shape index (κ1) is 9.02. The molecule has 1 aliphatic rings. The normalized spacial score (nSPS) is 17.0. The number of hydrogen-bond donors (Lipinski definition) is 1. The van der Waals surface area contributed by atoms with Crippen molar-refractivity contribution in [1.82, 2.24) is 5.06 Å². The number of fused-ring (bicyclic) bond motifs is 1. The fourth-order valence-electron chi connectivity index (χ4n) is 1.58.